The van der Waals surface area contributed by atoms with Crippen LogP contribution in [0.4, 0.5) is 0 Å². The highest BCUT2D eigenvalue weighted by molar-refractivity contribution is 5.42. The number of piperazine rings is 1. The van der Waals surface area contributed by atoms with Crippen LogP contribution in [-0.2, 0) is 6.42 Å². The van der Waals surface area contributed by atoms with Gasteiger partial charge in [0.2, 0.25) is 0 Å². The number of rotatable bonds is 4. The molecule has 2 aliphatic rings. The Kier molecular flexibility index (Phi) is 5.15. The average molecular weight is 288 g/mol. The molecule has 1 aromatic rings. The van der Waals surface area contributed by atoms with Crippen molar-refractivity contribution >= 4 is 0 Å². The Hall–Kier alpha value is -1.06. The van der Waals surface area contributed by atoms with Crippen LogP contribution in [0.15, 0.2) is 18.2 Å². The fraction of sp³-hybridized carbons (Fsp3) is 0.667. The highest BCUT2D eigenvalue weighted by Gasteiger charge is 2.21. The number of hydrogen-bond donors (Lipinski definition) is 2. The van der Waals surface area contributed by atoms with Crippen LogP contribution < -0.4 is 5.32 Å². The molecule has 3 heteroatoms. The second-order valence-corrected chi connectivity index (χ2v) is 6.53. The first kappa shape index (κ1) is 14.9. The monoisotopic (exact) mass is 288 g/mol. The summed E-state index contributed by atoms with van der Waals surface area (Å²) < 4.78 is 0. The summed E-state index contributed by atoms with van der Waals surface area (Å²) in [5.74, 6) is 1.11. The van der Waals surface area contributed by atoms with Gasteiger partial charge in [-0.15, -0.1) is 0 Å². The lowest BCUT2D eigenvalue weighted by molar-refractivity contribution is 0.243. The summed E-state index contributed by atoms with van der Waals surface area (Å²) in [7, 11) is 0. The molecule has 1 aliphatic carbocycles. The van der Waals surface area contributed by atoms with Crippen molar-refractivity contribution in [1.82, 2.24) is 10.2 Å². The summed E-state index contributed by atoms with van der Waals surface area (Å²) in [6.07, 6.45) is 7.56. The maximum atomic E-state index is 10.4. The average Bonchev–Trinajstić information content (AvgIpc) is 2.55. The third-order valence-corrected chi connectivity index (χ3v) is 5.09. The Morgan fingerprint density at radius 1 is 1.10 bits per heavy atom. The first-order chi connectivity index (χ1) is 10.3. The Balaban J connectivity index is 1.69. The zero-order valence-corrected chi connectivity index (χ0v) is 13.0. The molecule has 3 nitrogen and oxygen atoms in total. The first-order valence-corrected chi connectivity index (χ1v) is 8.58. The van der Waals surface area contributed by atoms with Crippen LogP contribution in [0, 0.1) is 0 Å². The molecule has 0 aromatic heterocycles. The molecule has 0 bridgehead atoms. The summed E-state index contributed by atoms with van der Waals surface area (Å²) in [6.45, 7) is 5.63. The van der Waals surface area contributed by atoms with Gasteiger partial charge in [0.1, 0.15) is 5.75 Å². The molecule has 0 amide bonds. The topological polar surface area (TPSA) is 35.5 Å². The van der Waals surface area contributed by atoms with Gasteiger partial charge in [-0.25, -0.2) is 0 Å². The zero-order chi connectivity index (χ0) is 14.5. The molecule has 116 valence electrons. The summed E-state index contributed by atoms with van der Waals surface area (Å²) in [4.78, 5) is 2.53. The number of nitrogens with one attached hydrogen (secondary N) is 1. The van der Waals surface area contributed by atoms with Crippen molar-refractivity contribution in [3.05, 3.63) is 29.3 Å². The standard InChI is InChI=1S/C18H28N2O/c21-17-8-4-7-16(9-12-20-13-10-19-11-14-20)18(17)15-5-2-1-3-6-15/h4,7-8,15,19,21H,1-3,5-6,9-14H2. The fourth-order valence-electron chi connectivity index (χ4n) is 3.89. The minimum Gasteiger partial charge on any atom is -0.508 e. The predicted octanol–water partition coefficient (Wildman–Crippen LogP) is 2.89. The molecule has 2 N–H and O–H groups in total. The van der Waals surface area contributed by atoms with E-state index in [1.54, 1.807) is 0 Å². The van der Waals surface area contributed by atoms with E-state index in [0.717, 1.165) is 39.1 Å². The molecule has 21 heavy (non-hydrogen) atoms. The van der Waals surface area contributed by atoms with Crippen molar-refractivity contribution in [2.24, 2.45) is 0 Å². The van der Waals surface area contributed by atoms with Crippen molar-refractivity contribution in [1.29, 1.82) is 0 Å². The molecule has 3 rings (SSSR count). The first-order valence-electron chi connectivity index (χ1n) is 8.58. The number of hydrogen-bond acceptors (Lipinski definition) is 3. The third-order valence-electron chi connectivity index (χ3n) is 5.09. The van der Waals surface area contributed by atoms with Crippen LogP contribution >= 0.6 is 0 Å². The van der Waals surface area contributed by atoms with Crippen LogP contribution in [0.5, 0.6) is 5.75 Å². The van der Waals surface area contributed by atoms with E-state index in [1.807, 2.05) is 12.1 Å². The van der Waals surface area contributed by atoms with E-state index in [2.05, 4.69) is 16.3 Å². The quantitative estimate of drug-likeness (QED) is 0.894. The van der Waals surface area contributed by atoms with Crippen molar-refractivity contribution in [3.63, 3.8) is 0 Å². The van der Waals surface area contributed by atoms with Crippen LogP contribution in [0.2, 0.25) is 0 Å². The van der Waals surface area contributed by atoms with Crippen molar-refractivity contribution in [2.45, 2.75) is 44.4 Å². The molecule has 1 aromatic carbocycles. The number of phenols is 1. The second kappa shape index (κ2) is 7.28. The molecule has 0 atom stereocenters. The molecular weight excluding hydrogens is 260 g/mol. The van der Waals surface area contributed by atoms with Crippen LogP contribution in [-0.4, -0.2) is 42.7 Å². The molecule has 1 heterocycles. The largest absolute Gasteiger partial charge is 0.508 e. The Bertz CT molecular complexity index is 449. The van der Waals surface area contributed by atoms with E-state index >= 15 is 0 Å². The van der Waals surface area contributed by atoms with Gasteiger partial charge in [-0.1, -0.05) is 31.4 Å². The van der Waals surface area contributed by atoms with E-state index in [9.17, 15) is 5.11 Å². The maximum Gasteiger partial charge on any atom is 0.119 e. The summed E-state index contributed by atoms with van der Waals surface area (Å²) in [5, 5.41) is 13.8. The van der Waals surface area contributed by atoms with E-state index in [4.69, 9.17) is 0 Å². The lowest BCUT2D eigenvalue weighted by atomic mass is 9.81. The van der Waals surface area contributed by atoms with Crippen molar-refractivity contribution < 1.29 is 5.11 Å². The van der Waals surface area contributed by atoms with Gasteiger partial charge in [-0.2, -0.15) is 0 Å². The second-order valence-electron chi connectivity index (χ2n) is 6.53. The highest BCUT2D eigenvalue weighted by atomic mass is 16.3. The zero-order valence-electron chi connectivity index (χ0n) is 13.0. The molecule has 1 saturated carbocycles. The lowest BCUT2D eigenvalue weighted by Gasteiger charge is -2.29. The number of benzene rings is 1. The Morgan fingerprint density at radius 3 is 2.62 bits per heavy atom. The third kappa shape index (κ3) is 3.78. The fourth-order valence-corrected chi connectivity index (χ4v) is 3.89. The highest BCUT2D eigenvalue weighted by Crippen LogP contribution is 2.39. The SMILES string of the molecule is Oc1cccc(CCN2CCNCC2)c1C1CCCCC1. The number of aromatic hydroxyl groups is 1. The van der Waals surface area contributed by atoms with Gasteiger partial charge < -0.3 is 15.3 Å². The smallest absolute Gasteiger partial charge is 0.119 e. The summed E-state index contributed by atoms with van der Waals surface area (Å²) >= 11 is 0. The molecule has 0 radical (unpaired) electrons. The van der Waals surface area contributed by atoms with E-state index < -0.39 is 0 Å². The van der Waals surface area contributed by atoms with Crippen molar-refractivity contribution in [2.75, 3.05) is 32.7 Å². The van der Waals surface area contributed by atoms with Gasteiger partial charge in [0.25, 0.3) is 0 Å². The number of phenolic OH excluding ortho intramolecular Hbond substituents is 1. The van der Waals surface area contributed by atoms with E-state index in [-0.39, 0.29) is 0 Å². The lowest BCUT2D eigenvalue weighted by Crippen LogP contribution is -2.44. The van der Waals surface area contributed by atoms with Gasteiger partial charge in [-0.3, -0.25) is 0 Å². The van der Waals surface area contributed by atoms with E-state index in [0.29, 0.717) is 11.7 Å². The van der Waals surface area contributed by atoms with Gasteiger partial charge in [0.15, 0.2) is 0 Å². The molecular formula is C18H28N2O. The molecule has 0 spiro atoms. The number of nitrogens with zero attached hydrogens (tertiary/aromatic N) is 1. The van der Waals surface area contributed by atoms with Crippen LogP contribution in [0.25, 0.3) is 0 Å². The molecule has 1 aliphatic heterocycles. The molecule has 2 fully saturated rings. The van der Waals surface area contributed by atoms with Gasteiger partial charge in [0, 0.05) is 38.3 Å². The predicted molar refractivity (Wildman–Crippen MR) is 86.9 cm³/mol. The van der Waals surface area contributed by atoms with Crippen molar-refractivity contribution in [3.8, 4) is 5.75 Å². The van der Waals surface area contributed by atoms with Gasteiger partial charge in [0.05, 0.1) is 0 Å². The normalized spacial score (nSPS) is 21.5. The minimum atomic E-state index is 0.528. The molecule has 0 unspecified atom stereocenters. The van der Waals surface area contributed by atoms with Gasteiger partial charge in [-0.05, 0) is 36.8 Å². The summed E-state index contributed by atoms with van der Waals surface area (Å²) in [5.41, 5.74) is 2.63. The Morgan fingerprint density at radius 2 is 1.86 bits per heavy atom. The summed E-state index contributed by atoms with van der Waals surface area (Å²) in [6, 6.07) is 6.11. The maximum absolute atomic E-state index is 10.4. The minimum absolute atomic E-state index is 0.528. The van der Waals surface area contributed by atoms with Gasteiger partial charge >= 0.3 is 0 Å². The van der Waals surface area contributed by atoms with E-state index in [1.165, 1.54) is 43.2 Å². The van der Waals surface area contributed by atoms with Crippen LogP contribution in [0.3, 0.4) is 0 Å². The Labute approximate surface area is 128 Å². The van der Waals surface area contributed by atoms with Crippen LogP contribution in [0.1, 0.15) is 49.1 Å². The molecule has 1 saturated heterocycles.